The smallest absolute Gasteiger partial charge is 0.194 e. The van der Waals surface area contributed by atoms with E-state index in [2.05, 4.69) is 42.3 Å². The maximum Gasteiger partial charge on any atom is 0.194 e. The number of methoxy groups -OCH3 is 1. The van der Waals surface area contributed by atoms with Crippen LogP contribution in [-0.4, -0.2) is 54.0 Å². The molecule has 2 aromatic rings. The van der Waals surface area contributed by atoms with Gasteiger partial charge in [0.15, 0.2) is 5.96 Å². The fourth-order valence-electron chi connectivity index (χ4n) is 3.12. The number of aliphatic imine (C=N–C) groups is 1. The van der Waals surface area contributed by atoms with Gasteiger partial charge in [0.2, 0.25) is 0 Å². The van der Waals surface area contributed by atoms with E-state index >= 15 is 0 Å². The van der Waals surface area contributed by atoms with E-state index in [-0.39, 0.29) is 30.1 Å². The molecule has 7 nitrogen and oxygen atoms in total. The number of hydrogen-bond acceptors (Lipinski definition) is 4. The van der Waals surface area contributed by atoms with E-state index in [4.69, 9.17) is 14.5 Å². The van der Waals surface area contributed by atoms with Gasteiger partial charge in [0, 0.05) is 45.0 Å². The topological polar surface area (TPSA) is 63.9 Å². The van der Waals surface area contributed by atoms with Crippen molar-refractivity contribution in [1.29, 1.82) is 0 Å². The van der Waals surface area contributed by atoms with Crippen molar-refractivity contribution in [1.82, 2.24) is 20.0 Å². The molecule has 0 aliphatic carbocycles. The summed E-state index contributed by atoms with van der Waals surface area (Å²) in [7, 11) is 5.66. The standard InChI is InChI=1S/C22H35N5O2.HI/c1-8-23-22(26(5)14-18-15-27(6)25-21(18)16(2)3)24-13-17(4)29-20-11-9-10-19(12-20)28-7;/h9-12,15-17H,8,13-14H2,1-7H3,(H,23,24);1H. The number of nitrogens with zero attached hydrogens (tertiary/aromatic N) is 4. The van der Waals surface area contributed by atoms with Gasteiger partial charge in [0.1, 0.15) is 17.6 Å². The van der Waals surface area contributed by atoms with E-state index in [1.54, 1.807) is 7.11 Å². The number of rotatable bonds is 9. The van der Waals surface area contributed by atoms with Gasteiger partial charge in [-0.15, -0.1) is 24.0 Å². The quantitative estimate of drug-likeness (QED) is 0.302. The van der Waals surface area contributed by atoms with Crippen LogP contribution in [0, 0.1) is 0 Å². The first-order valence-electron chi connectivity index (χ1n) is 10.2. The molecule has 1 aromatic carbocycles. The van der Waals surface area contributed by atoms with E-state index in [0.29, 0.717) is 12.5 Å². The van der Waals surface area contributed by atoms with Crippen molar-refractivity contribution in [3.05, 3.63) is 41.7 Å². The molecule has 0 amide bonds. The van der Waals surface area contributed by atoms with Gasteiger partial charge in [-0.3, -0.25) is 4.68 Å². The maximum atomic E-state index is 5.99. The summed E-state index contributed by atoms with van der Waals surface area (Å²) >= 11 is 0. The van der Waals surface area contributed by atoms with Crippen molar-refractivity contribution in [2.24, 2.45) is 12.0 Å². The molecule has 1 N–H and O–H groups in total. The van der Waals surface area contributed by atoms with Crippen LogP contribution in [0.5, 0.6) is 11.5 Å². The van der Waals surface area contributed by atoms with E-state index in [1.165, 1.54) is 5.56 Å². The van der Waals surface area contributed by atoms with Crippen LogP contribution >= 0.6 is 24.0 Å². The predicted octanol–water partition coefficient (Wildman–Crippen LogP) is 4.03. The third-order valence-electron chi connectivity index (χ3n) is 4.46. The van der Waals surface area contributed by atoms with Gasteiger partial charge in [-0.25, -0.2) is 4.99 Å². The number of ether oxygens (including phenoxy) is 2. The average Bonchev–Trinajstić information content (AvgIpc) is 3.05. The van der Waals surface area contributed by atoms with Crippen LogP contribution < -0.4 is 14.8 Å². The molecule has 1 atom stereocenters. The number of benzene rings is 1. The SMILES string of the molecule is CCNC(=NCC(C)Oc1cccc(OC)c1)N(C)Cc1cn(C)nc1C(C)C.I. The fourth-order valence-corrected chi connectivity index (χ4v) is 3.12. The molecule has 2 rings (SSSR count). The van der Waals surface area contributed by atoms with Crippen LogP contribution in [-0.2, 0) is 13.6 Å². The number of aromatic nitrogens is 2. The van der Waals surface area contributed by atoms with Crippen LogP contribution in [0.25, 0.3) is 0 Å². The molecule has 0 aliphatic heterocycles. The summed E-state index contributed by atoms with van der Waals surface area (Å²) in [5, 5.41) is 7.97. The first kappa shape index (κ1) is 26.1. The van der Waals surface area contributed by atoms with Gasteiger partial charge in [-0.2, -0.15) is 5.10 Å². The third kappa shape index (κ3) is 7.70. The van der Waals surface area contributed by atoms with Crippen LogP contribution in [0.2, 0.25) is 0 Å². The molecule has 0 saturated heterocycles. The lowest BCUT2D eigenvalue weighted by Gasteiger charge is -2.23. The Kier molecular flexibility index (Phi) is 11.0. The molecule has 0 spiro atoms. The predicted molar refractivity (Wildman–Crippen MR) is 133 cm³/mol. The second kappa shape index (κ2) is 12.7. The summed E-state index contributed by atoms with van der Waals surface area (Å²) in [4.78, 5) is 6.91. The summed E-state index contributed by atoms with van der Waals surface area (Å²) in [5.41, 5.74) is 2.35. The molecular weight excluding hydrogens is 493 g/mol. The zero-order chi connectivity index (χ0) is 21.4. The zero-order valence-electron chi connectivity index (χ0n) is 19.2. The normalized spacial score (nSPS) is 12.3. The minimum atomic E-state index is -0.0613. The van der Waals surface area contributed by atoms with Crippen molar-refractivity contribution >= 4 is 29.9 Å². The molecular formula is C22H36IN5O2. The van der Waals surface area contributed by atoms with Crippen LogP contribution in [0.3, 0.4) is 0 Å². The summed E-state index contributed by atoms with van der Waals surface area (Å²) < 4.78 is 13.1. The third-order valence-corrected chi connectivity index (χ3v) is 4.46. The van der Waals surface area contributed by atoms with Crippen molar-refractivity contribution in [3.8, 4) is 11.5 Å². The minimum absolute atomic E-state index is 0. The molecule has 0 radical (unpaired) electrons. The van der Waals surface area contributed by atoms with Crippen LogP contribution in [0.1, 0.15) is 44.9 Å². The highest BCUT2D eigenvalue weighted by Gasteiger charge is 2.15. The molecule has 0 aliphatic rings. The largest absolute Gasteiger partial charge is 0.497 e. The van der Waals surface area contributed by atoms with Crippen LogP contribution in [0.15, 0.2) is 35.5 Å². The number of halogens is 1. The highest BCUT2D eigenvalue weighted by atomic mass is 127. The Labute approximate surface area is 197 Å². The zero-order valence-corrected chi connectivity index (χ0v) is 21.5. The molecule has 0 saturated carbocycles. The number of aryl methyl sites for hydroxylation is 1. The average molecular weight is 529 g/mol. The Morgan fingerprint density at radius 1 is 1.27 bits per heavy atom. The summed E-state index contributed by atoms with van der Waals surface area (Å²) in [6, 6.07) is 7.63. The van der Waals surface area contributed by atoms with Crippen molar-refractivity contribution < 1.29 is 9.47 Å². The molecule has 1 heterocycles. The van der Waals surface area contributed by atoms with Crippen molar-refractivity contribution in [2.45, 2.75) is 46.3 Å². The molecule has 168 valence electrons. The van der Waals surface area contributed by atoms with E-state index in [9.17, 15) is 0 Å². The van der Waals surface area contributed by atoms with Gasteiger partial charge in [0.05, 0.1) is 19.3 Å². The number of nitrogens with one attached hydrogen (secondary N) is 1. The highest BCUT2D eigenvalue weighted by Crippen LogP contribution is 2.20. The van der Waals surface area contributed by atoms with Crippen molar-refractivity contribution in [3.63, 3.8) is 0 Å². The Morgan fingerprint density at radius 2 is 1.97 bits per heavy atom. The molecule has 8 heteroatoms. The molecule has 1 aromatic heterocycles. The second-order valence-corrected chi connectivity index (χ2v) is 7.53. The molecule has 30 heavy (non-hydrogen) atoms. The van der Waals surface area contributed by atoms with E-state index in [0.717, 1.165) is 36.2 Å². The number of hydrogen-bond donors (Lipinski definition) is 1. The molecule has 0 bridgehead atoms. The lowest BCUT2D eigenvalue weighted by atomic mass is 10.1. The Bertz CT molecular complexity index is 807. The summed E-state index contributed by atoms with van der Waals surface area (Å²) in [5.74, 6) is 2.80. The lowest BCUT2D eigenvalue weighted by Crippen LogP contribution is -2.39. The van der Waals surface area contributed by atoms with E-state index in [1.807, 2.05) is 50.0 Å². The Balaban J connectivity index is 0.00000450. The first-order valence-corrected chi connectivity index (χ1v) is 10.2. The highest BCUT2D eigenvalue weighted by molar-refractivity contribution is 14.0. The monoisotopic (exact) mass is 529 g/mol. The van der Waals surface area contributed by atoms with Gasteiger partial charge >= 0.3 is 0 Å². The van der Waals surface area contributed by atoms with Gasteiger partial charge < -0.3 is 19.7 Å². The summed E-state index contributed by atoms with van der Waals surface area (Å²) in [6.07, 6.45) is 2.03. The lowest BCUT2D eigenvalue weighted by molar-refractivity contribution is 0.228. The maximum absolute atomic E-state index is 5.99. The van der Waals surface area contributed by atoms with Gasteiger partial charge in [0.25, 0.3) is 0 Å². The molecule has 0 fully saturated rings. The van der Waals surface area contributed by atoms with Crippen LogP contribution in [0.4, 0.5) is 0 Å². The van der Waals surface area contributed by atoms with Gasteiger partial charge in [-0.05, 0) is 31.9 Å². The van der Waals surface area contributed by atoms with Gasteiger partial charge in [-0.1, -0.05) is 19.9 Å². The second-order valence-electron chi connectivity index (χ2n) is 7.53. The van der Waals surface area contributed by atoms with E-state index < -0.39 is 0 Å². The summed E-state index contributed by atoms with van der Waals surface area (Å²) in [6.45, 7) is 10.5. The minimum Gasteiger partial charge on any atom is -0.497 e. The molecule has 1 unspecified atom stereocenters. The fraction of sp³-hybridized carbons (Fsp3) is 0.545. The Morgan fingerprint density at radius 3 is 2.60 bits per heavy atom. The van der Waals surface area contributed by atoms with Crippen molar-refractivity contribution in [2.75, 3.05) is 27.2 Å². The first-order chi connectivity index (χ1) is 13.8. The number of guanidine groups is 1. The Hall–Kier alpha value is -1.97.